The molecule has 0 spiro atoms. The molecule has 2 aromatic rings. The molecule has 0 amide bonds. The summed E-state index contributed by atoms with van der Waals surface area (Å²) in [5.74, 6) is 0.191. The second-order valence-corrected chi connectivity index (χ2v) is 33.2. The third-order valence-electron chi connectivity index (χ3n) is 5.99. The van der Waals surface area contributed by atoms with E-state index in [4.69, 9.17) is 0 Å². The van der Waals surface area contributed by atoms with Gasteiger partial charge in [-0.25, -0.2) is 0 Å². The summed E-state index contributed by atoms with van der Waals surface area (Å²) in [6, 6.07) is 13.3. The number of fused-ring (bicyclic) bond motifs is 3. The quantitative estimate of drug-likeness (QED) is 0.323. The van der Waals surface area contributed by atoms with Crippen LogP contribution in [0.15, 0.2) is 36.4 Å². The Morgan fingerprint density at radius 3 is 1.00 bits per heavy atom. The van der Waals surface area contributed by atoms with Gasteiger partial charge in [0.1, 0.15) is 32.9 Å². The molecule has 0 fully saturated rings. The highest BCUT2D eigenvalue weighted by molar-refractivity contribution is 7.00. The first kappa shape index (κ1) is 25.2. The van der Waals surface area contributed by atoms with Gasteiger partial charge in [-0.15, -0.1) is 0 Å². The van der Waals surface area contributed by atoms with Crippen molar-refractivity contribution in [3.63, 3.8) is 0 Å². The second kappa shape index (κ2) is 7.82. The first-order valence-corrected chi connectivity index (χ1v) is 25.6. The minimum Gasteiger partial charge on any atom is -0.425 e. The molecule has 0 unspecified atom stereocenters. The van der Waals surface area contributed by atoms with Gasteiger partial charge in [0, 0.05) is 22.5 Å². The van der Waals surface area contributed by atoms with Crippen LogP contribution in [0.2, 0.25) is 78.6 Å². The van der Waals surface area contributed by atoms with Crippen LogP contribution in [0.5, 0.6) is 0 Å². The first-order valence-electron chi connectivity index (χ1n) is 11.8. The molecule has 0 saturated carbocycles. The first-order chi connectivity index (χ1) is 14.3. The number of carbonyl (C=O) groups excluding carboxylic acids is 1. The van der Waals surface area contributed by atoms with Crippen molar-refractivity contribution in [2.45, 2.75) is 78.6 Å². The molecule has 1 aliphatic rings. The van der Waals surface area contributed by atoms with Crippen molar-refractivity contribution in [1.29, 1.82) is 0 Å². The number of anilines is 2. The second-order valence-electron chi connectivity index (χ2n) is 13.1. The number of ketones is 1. The van der Waals surface area contributed by atoms with E-state index in [0.29, 0.717) is 0 Å². The summed E-state index contributed by atoms with van der Waals surface area (Å²) in [6.45, 7) is 28.9. The monoisotopic (exact) mass is 498 g/mol. The standard InChI is InChI=1S/C25H42N2OSi4/c1-29(2,3)26(30(4,5)6)19-13-15-21-22-16-14-20(18-24(22)25(28)23(21)17-19)27(31(7,8)9)32(10,11)12/h13-18H,1-12H3. The Balaban J connectivity index is 2.11. The number of nitrogens with zero attached hydrogens (tertiary/aromatic N) is 2. The van der Waals surface area contributed by atoms with Gasteiger partial charge in [-0.05, 0) is 35.4 Å². The van der Waals surface area contributed by atoms with Crippen LogP contribution < -0.4 is 8.46 Å². The number of hydrogen-bond donors (Lipinski definition) is 0. The Morgan fingerprint density at radius 2 is 0.750 bits per heavy atom. The minimum absolute atomic E-state index is 0.191. The Kier molecular flexibility index (Phi) is 6.16. The molecule has 32 heavy (non-hydrogen) atoms. The van der Waals surface area contributed by atoms with Gasteiger partial charge < -0.3 is 8.46 Å². The van der Waals surface area contributed by atoms with Gasteiger partial charge >= 0.3 is 0 Å². The predicted octanol–water partition coefficient (Wildman–Crippen LogP) is 7.85. The third kappa shape index (κ3) is 4.62. The number of carbonyl (C=O) groups is 1. The van der Waals surface area contributed by atoms with E-state index >= 15 is 0 Å². The van der Waals surface area contributed by atoms with Crippen LogP contribution in [0, 0.1) is 0 Å². The van der Waals surface area contributed by atoms with Crippen molar-refractivity contribution < 1.29 is 4.79 Å². The molecule has 174 valence electrons. The summed E-state index contributed by atoms with van der Waals surface area (Å²) in [6.07, 6.45) is 0. The molecule has 1 aliphatic carbocycles. The van der Waals surface area contributed by atoms with Gasteiger partial charge in [-0.2, -0.15) is 0 Å². The molecule has 0 saturated heterocycles. The largest absolute Gasteiger partial charge is 0.425 e. The van der Waals surface area contributed by atoms with Gasteiger partial charge in [0.2, 0.25) is 0 Å². The molecule has 3 nitrogen and oxygen atoms in total. The molecule has 0 heterocycles. The summed E-state index contributed by atoms with van der Waals surface area (Å²) in [4.78, 5) is 13.6. The molecular formula is C25H42N2OSi4. The van der Waals surface area contributed by atoms with Gasteiger partial charge in [0.15, 0.2) is 5.78 Å². The van der Waals surface area contributed by atoms with Crippen molar-refractivity contribution in [2.75, 3.05) is 8.46 Å². The maximum atomic E-state index is 13.6. The molecule has 0 aromatic heterocycles. The number of benzene rings is 2. The Labute approximate surface area is 200 Å². The summed E-state index contributed by atoms with van der Waals surface area (Å²) in [7, 11) is -6.31. The molecule has 0 bridgehead atoms. The van der Waals surface area contributed by atoms with Crippen LogP contribution in [0.1, 0.15) is 15.9 Å². The van der Waals surface area contributed by atoms with E-state index in [1.54, 1.807) is 0 Å². The number of rotatable bonds is 6. The van der Waals surface area contributed by atoms with Crippen LogP contribution in [-0.4, -0.2) is 38.7 Å². The lowest BCUT2D eigenvalue weighted by atomic mass is 10.1. The average molecular weight is 499 g/mol. The maximum absolute atomic E-state index is 13.6. The van der Waals surface area contributed by atoms with Crippen molar-refractivity contribution in [3.8, 4) is 11.1 Å². The highest BCUT2D eigenvalue weighted by Crippen LogP contribution is 2.42. The predicted molar refractivity (Wildman–Crippen MR) is 154 cm³/mol. The zero-order chi connectivity index (χ0) is 24.4. The fraction of sp³-hybridized carbons (Fsp3) is 0.480. The van der Waals surface area contributed by atoms with Gasteiger partial charge in [0.05, 0.1) is 0 Å². The fourth-order valence-electron chi connectivity index (χ4n) is 5.89. The summed E-state index contributed by atoms with van der Waals surface area (Å²) in [5.41, 5.74) is 6.41. The SMILES string of the molecule is C[Si](C)(C)N(c1ccc2c(c1)C(=O)c1cc(N([Si](C)(C)C)[Si](C)(C)C)ccc1-2)[Si](C)(C)C. The van der Waals surface area contributed by atoms with Crippen LogP contribution in [0.25, 0.3) is 11.1 Å². The fourth-order valence-corrected chi connectivity index (χ4v) is 25.6. The molecule has 3 rings (SSSR count). The van der Waals surface area contributed by atoms with E-state index in [2.05, 4.69) is 123 Å². The van der Waals surface area contributed by atoms with Crippen molar-refractivity contribution in [1.82, 2.24) is 0 Å². The lowest BCUT2D eigenvalue weighted by Crippen LogP contribution is -2.59. The maximum Gasteiger partial charge on any atom is 0.194 e. The van der Waals surface area contributed by atoms with Crippen LogP contribution in [0.4, 0.5) is 11.4 Å². The molecule has 0 N–H and O–H groups in total. The van der Waals surface area contributed by atoms with E-state index in [1.807, 2.05) is 0 Å². The third-order valence-corrected chi connectivity index (χ3v) is 20.4. The van der Waals surface area contributed by atoms with Crippen LogP contribution >= 0.6 is 0 Å². The van der Waals surface area contributed by atoms with E-state index in [0.717, 1.165) is 22.3 Å². The van der Waals surface area contributed by atoms with Gasteiger partial charge in [0.25, 0.3) is 0 Å². The molecule has 2 aromatic carbocycles. The molecule has 0 atom stereocenters. The molecular weight excluding hydrogens is 457 g/mol. The summed E-state index contributed by atoms with van der Waals surface area (Å²) in [5, 5.41) is 0. The highest BCUT2D eigenvalue weighted by atomic mass is 28.4. The molecule has 0 radical (unpaired) electrons. The normalized spacial score (nSPS) is 14.3. The Bertz CT molecular complexity index is 942. The molecule has 7 heteroatoms. The van der Waals surface area contributed by atoms with Crippen molar-refractivity contribution in [3.05, 3.63) is 47.5 Å². The smallest absolute Gasteiger partial charge is 0.194 e. The zero-order valence-electron chi connectivity index (χ0n) is 22.3. The minimum atomic E-state index is -1.58. The van der Waals surface area contributed by atoms with Gasteiger partial charge in [-0.1, -0.05) is 90.7 Å². The van der Waals surface area contributed by atoms with Crippen molar-refractivity contribution in [2.24, 2.45) is 0 Å². The van der Waals surface area contributed by atoms with Crippen LogP contribution in [0.3, 0.4) is 0 Å². The van der Waals surface area contributed by atoms with Crippen molar-refractivity contribution >= 4 is 50.1 Å². The summed E-state index contributed by atoms with van der Waals surface area (Å²) < 4.78 is 5.39. The van der Waals surface area contributed by atoms with E-state index in [9.17, 15) is 4.79 Å². The zero-order valence-corrected chi connectivity index (χ0v) is 26.3. The molecule has 0 aliphatic heterocycles. The van der Waals surface area contributed by atoms with E-state index in [-0.39, 0.29) is 5.78 Å². The Hall–Kier alpha value is -1.42. The summed E-state index contributed by atoms with van der Waals surface area (Å²) >= 11 is 0. The van der Waals surface area contributed by atoms with Crippen LogP contribution in [-0.2, 0) is 0 Å². The lowest BCUT2D eigenvalue weighted by Gasteiger charge is -2.46. The topological polar surface area (TPSA) is 23.6 Å². The highest BCUT2D eigenvalue weighted by Gasteiger charge is 2.38. The van der Waals surface area contributed by atoms with Gasteiger partial charge in [-0.3, -0.25) is 4.79 Å². The van der Waals surface area contributed by atoms with E-state index in [1.165, 1.54) is 11.4 Å². The average Bonchev–Trinajstić information content (AvgIpc) is 2.82. The number of hydrogen-bond acceptors (Lipinski definition) is 3. The Morgan fingerprint density at radius 1 is 0.469 bits per heavy atom. The van der Waals surface area contributed by atoms with E-state index < -0.39 is 32.9 Å². The lowest BCUT2D eigenvalue weighted by molar-refractivity contribution is 0.104.